The quantitative estimate of drug-likeness (QED) is 0.0261. The lowest BCUT2D eigenvalue weighted by Gasteiger charge is -2.18. The van der Waals surface area contributed by atoms with E-state index in [0.717, 1.165) is 135 Å². The molecule has 0 aromatic heterocycles. The van der Waals surface area contributed by atoms with Crippen LogP contribution < -0.4 is 0 Å². The van der Waals surface area contributed by atoms with Gasteiger partial charge in [-0.25, -0.2) is 0 Å². The topological polar surface area (TPSA) is 78.9 Å². The van der Waals surface area contributed by atoms with Gasteiger partial charge in [0.2, 0.25) is 0 Å². The number of hydrogen-bond acceptors (Lipinski definition) is 6. The van der Waals surface area contributed by atoms with E-state index in [1.54, 1.807) is 0 Å². The highest BCUT2D eigenvalue weighted by atomic mass is 16.6. The Morgan fingerprint density at radius 1 is 0.273 bits per heavy atom. The summed E-state index contributed by atoms with van der Waals surface area (Å²) in [6.07, 6.45) is 89.3. The van der Waals surface area contributed by atoms with Crippen LogP contribution in [-0.4, -0.2) is 37.2 Å². The van der Waals surface area contributed by atoms with Gasteiger partial charge in [0.15, 0.2) is 6.10 Å². The first-order chi connectivity index (χ1) is 38.0. The van der Waals surface area contributed by atoms with Gasteiger partial charge in [0.25, 0.3) is 0 Å². The maximum atomic E-state index is 12.9. The van der Waals surface area contributed by atoms with E-state index >= 15 is 0 Å². The first kappa shape index (κ1) is 72.8. The minimum atomic E-state index is -0.797. The minimum Gasteiger partial charge on any atom is -0.462 e. The molecule has 0 heterocycles. The van der Waals surface area contributed by atoms with E-state index in [-0.39, 0.29) is 31.1 Å². The SMILES string of the molecule is CC/C=C\C/C=C\C/C=C\C/C=C\C/C=C\C/C=C\CCCCCCCCCCCCCCC(=O)OCC(COC(=O)CCCCC/C=C\C/C=C\C/C=C\CC)OC(=O)CCCCCCC/C=C\CCCCCCCC. The Morgan fingerprint density at radius 2 is 0.506 bits per heavy atom. The standard InChI is InChI=1S/C71H118O6/c1-4-7-10-13-16-19-22-25-27-28-29-30-31-32-33-34-35-36-37-38-39-40-41-42-44-46-49-52-55-58-61-64-70(73)76-67-68(66-75-69(72)63-60-57-54-51-48-45-24-21-18-15-12-9-6-3)77-71(74)65-62-59-56-53-50-47-43-26-23-20-17-14-11-8-5-2/h7,9-10,12,16,18-19,21,25-27,29-30,32-33,35-36,43,45,48,68H,4-6,8,11,13-15,17,20,22-24,28,31,34,37-42,44,46-47,49-67H2,1-3H3/b10-7-,12-9-,19-16-,21-18-,27-25-,30-29-,33-32-,36-35-,43-26-,48-45-. The van der Waals surface area contributed by atoms with Crippen molar-refractivity contribution in [2.45, 2.75) is 297 Å². The van der Waals surface area contributed by atoms with Crippen LogP contribution in [0.5, 0.6) is 0 Å². The number of hydrogen-bond donors (Lipinski definition) is 0. The number of esters is 3. The van der Waals surface area contributed by atoms with Crippen LogP contribution in [-0.2, 0) is 28.6 Å². The Labute approximate surface area is 475 Å². The van der Waals surface area contributed by atoms with E-state index in [9.17, 15) is 14.4 Å². The number of allylic oxidation sites excluding steroid dienone is 20. The van der Waals surface area contributed by atoms with Crippen LogP contribution in [0.2, 0.25) is 0 Å². The molecule has 0 bridgehead atoms. The van der Waals surface area contributed by atoms with Crippen molar-refractivity contribution in [3.05, 3.63) is 122 Å². The van der Waals surface area contributed by atoms with E-state index in [1.807, 2.05) is 0 Å². The average Bonchev–Trinajstić information content (AvgIpc) is 3.43. The Hall–Kier alpha value is -4.19. The van der Waals surface area contributed by atoms with Crippen LogP contribution >= 0.6 is 0 Å². The lowest BCUT2D eigenvalue weighted by Crippen LogP contribution is -2.30. The van der Waals surface area contributed by atoms with Crippen molar-refractivity contribution in [2.24, 2.45) is 0 Å². The second-order valence-corrected chi connectivity index (χ2v) is 20.9. The molecule has 0 N–H and O–H groups in total. The number of carbonyl (C=O) groups is 3. The molecule has 0 aliphatic rings. The summed E-state index contributed by atoms with van der Waals surface area (Å²) in [7, 11) is 0. The fourth-order valence-corrected chi connectivity index (χ4v) is 8.69. The lowest BCUT2D eigenvalue weighted by molar-refractivity contribution is -0.167. The second-order valence-electron chi connectivity index (χ2n) is 20.9. The van der Waals surface area contributed by atoms with Gasteiger partial charge < -0.3 is 14.2 Å². The van der Waals surface area contributed by atoms with Crippen molar-refractivity contribution in [3.63, 3.8) is 0 Å². The lowest BCUT2D eigenvalue weighted by atomic mass is 10.0. The molecule has 77 heavy (non-hydrogen) atoms. The maximum absolute atomic E-state index is 12.9. The van der Waals surface area contributed by atoms with Crippen LogP contribution in [0.4, 0.5) is 0 Å². The highest BCUT2D eigenvalue weighted by molar-refractivity contribution is 5.71. The Kier molecular flexibility index (Phi) is 60.8. The molecule has 0 amide bonds. The molecule has 0 saturated heterocycles. The van der Waals surface area contributed by atoms with Gasteiger partial charge in [-0.3, -0.25) is 14.4 Å². The van der Waals surface area contributed by atoms with E-state index in [0.29, 0.717) is 19.3 Å². The molecule has 0 fully saturated rings. The van der Waals surface area contributed by atoms with Gasteiger partial charge in [-0.2, -0.15) is 0 Å². The number of unbranched alkanes of at least 4 members (excludes halogenated alkanes) is 26. The molecule has 438 valence electrons. The average molecular weight is 1070 g/mol. The van der Waals surface area contributed by atoms with Gasteiger partial charge in [-0.1, -0.05) is 264 Å². The molecule has 0 saturated carbocycles. The monoisotopic (exact) mass is 1070 g/mol. The second kappa shape index (κ2) is 64.3. The van der Waals surface area contributed by atoms with E-state index in [1.165, 1.54) is 116 Å². The zero-order chi connectivity index (χ0) is 55.7. The molecule has 1 unspecified atom stereocenters. The third-order valence-electron chi connectivity index (χ3n) is 13.4. The number of rotatable bonds is 57. The van der Waals surface area contributed by atoms with Crippen LogP contribution in [0.1, 0.15) is 290 Å². The third kappa shape index (κ3) is 62.5. The van der Waals surface area contributed by atoms with E-state index < -0.39 is 6.10 Å². The molecule has 0 aliphatic carbocycles. The summed E-state index contributed by atoms with van der Waals surface area (Å²) < 4.78 is 16.9. The minimum absolute atomic E-state index is 0.0926. The highest BCUT2D eigenvalue weighted by Gasteiger charge is 2.19. The van der Waals surface area contributed by atoms with Crippen molar-refractivity contribution in [3.8, 4) is 0 Å². The normalized spacial score (nSPS) is 12.9. The summed E-state index contributed by atoms with van der Waals surface area (Å²) in [6, 6.07) is 0. The fourth-order valence-electron chi connectivity index (χ4n) is 8.69. The van der Waals surface area contributed by atoms with E-state index in [4.69, 9.17) is 14.2 Å². The zero-order valence-electron chi connectivity index (χ0n) is 50.2. The molecule has 0 radical (unpaired) electrons. The predicted molar refractivity (Wildman–Crippen MR) is 334 cm³/mol. The van der Waals surface area contributed by atoms with Gasteiger partial charge in [-0.05, 0) is 128 Å². The van der Waals surface area contributed by atoms with Crippen LogP contribution in [0.15, 0.2) is 122 Å². The molecule has 0 aliphatic heterocycles. The molecule has 6 nitrogen and oxygen atoms in total. The Bertz CT molecular complexity index is 1600. The zero-order valence-corrected chi connectivity index (χ0v) is 50.2. The maximum Gasteiger partial charge on any atom is 0.306 e. The molecule has 0 rings (SSSR count). The molecule has 6 heteroatoms. The van der Waals surface area contributed by atoms with Crippen LogP contribution in [0.25, 0.3) is 0 Å². The van der Waals surface area contributed by atoms with Crippen molar-refractivity contribution >= 4 is 17.9 Å². The first-order valence-corrected chi connectivity index (χ1v) is 32.0. The summed E-state index contributed by atoms with van der Waals surface area (Å²) in [6.45, 7) is 6.38. The number of carbonyl (C=O) groups excluding carboxylic acids is 3. The van der Waals surface area contributed by atoms with Gasteiger partial charge in [0.05, 0.1) is 0 Å². The molecule has 0 aromatic carbocycles. The van der Waals surface area contributed by atoms with Gasteiger partial charge >= 0.3 is 17.9 Å². The number of ether oxygens (including phenoxy) is 3. The molecule has 1 atom stereocenters. The Balaban J connectivity index is 4.26. The van der Waals surface area contributed by atoms with Crippen LogP contribution in [0.3, 0.4) is 0 Å². The van der Waals surface area contributed by atoms with Gasteiger partial charge in [0.1, 0.15) is 13.2 Å². The van der Waals surface area contributed by atoms with Crippen LogP contribution in [0, 0.1) is 0 Å². The smallest absolute Gasteiger partial charge is 0.306 e. The van der Waals surface area contributed by atoms with Crippen molar-refractivity contribution in [2.75, 3.05) is 13.2 Å². The molecular formula is C71H118O6. The van der Waals surface area contributed by atoms with Crippen molar-refractivity contribution in [1.82, 2.24) is 0 Å². The van der Waals surface area contributed by atoms with Gasteiger partial charge in [0, 0.05) is 19.3 Å². The summed E-state index contributed by atoms with van der Waals surface area (Å²) in [5.41, 5.74) is 0. The van der Waals surface area contributed by atoms with Gasteiger partial charge in [-0.15, -0.1) is 0 Å². The summed E-state index contributed by atoms with van der Waals surface area (Å²) >= 11 is 0. The Morgan fingerprint density at radius 3 is 0.818 bits per heavy atom. The predicted octanol–water partition coefficient (Wildman–Crippen LogP) is 22.0. The van der Waals surface area contributed by atoms with E-state index in [2.05, 4.69) is 142 Å². The van der Waals surface area contributed by atoms with Crippen molar-refractivity contribution < 1.29 is 28.6 Å². The summed E-state index contributed by atoms with van der Waals surface area (Å²) in [5, 5.41) is 0. The fraction of sp³-hybridized carbons (Fsp3) is 0.676. The summed E-state index contributed by atoms with van der Waals surface area (Å²) in [5.74, 6) is -0.929. The largest absolute Gasteiger partial charge is 0.462 e. The molecular weight excluding hydrogens is 949 g/mol. The summed E-state index contributed by atoms with van der Waals surface area (Å²) in [4.78, 5) is 38.2. The molecule has 0 aromatic rings. The third-order valence-corrected chi connectivity index (χ3v) is 13.4. The highest BCUT2D eigenvalue weighted by Crippen LogP contribution is 2.15. The van der Waals surface area contributed by atoms with Crippen molar-refractivity contribution in [1.29, 1.82) is 0 Å². The molecule has 0 spiro atoms. The first-order valence-electron chi connectivity index (χ1n) is 32.0.